The number of hydrogen-bond acceptors (Lipinski definition) is 6. The quantitative estimate of drug-likeness (QED) is 0.764. The number of nitrogens with zero attached hydrogens (tertiary/aromatic N) is 3. The van der Waals surface area contributed by atoms with Crippen molar-refractivity contribution < 1.29 is 14.6 Å². The Kier molecular flexibility index (Phi) is 5.89. The Hall–Kier alpha value is -1.60. The minimum Gasteiger partial charge on any atom is -0.481 e. The molecule has 0 radical (unpaired) electrons. The molecule has 4 rings (SSSR count). The van der Waals surface area contributed by atoms with E-state index in [4.69, 9.17) is 32.7 Å². The molecule has 6 nitrogen and oxygen atoms in total. The smallest absolute Gasteiger partial charge is 0.319 e. The van der Waals surface area contributed by atoms with Gasteiger partial charge in [-0.1, -0.05) is 35.7 Å². The summed E-state index contributed by atoms with van der Waals surface area (Å²) < 4.78 is 10.6. The summed E-state index contributed by atoms with van der Waals surface area (Å²) in [7, 11) is 3.07. The average Bonchev–Trinajstić information content (AvgIpc) is 2.71. The highest BCUT2D eigenvalue weighted by atomic mass is 35.5. The van der Waals surface area contributed by atoms with Crippen LogP contribution in [0.25, 0.3) is 0 Å². The molecule has 0 spiro atoms. The van der Waals surface area contributed by atoms with E-state index < -0.39 is 5.60 Å². The van der Waals surface area contributed by atoms with E-state index in [9.17, 15) is 5.11 Å². The third-order valence-electron chi connectivity index (χ3n) is 6.24. The van der Waals surface area contributed by atoms with Crippen molar-refractivity contribution in [2.45, 2.75) is 31.4 Å². The lowest BCUT2D eigenvalue weighted by Gasteiger charge is -2.53. The minimum atomic E-state index is -1.01. The van der Waals surface area contributed by atoms with Gasteiger partial charge in [0.2, 0.25) is 5.88 Å². The molecular formula is C21H25Cl2N3O3. The second-order valence-corrected chi connectivity index (χ2v) is 8.69. The summed E-state index contributed by atoms with van der Waals surface area (Å²) in [6.07, 6.45) is 4.66. The third-order valence-corrected chi connectivity index (χ3v) is 6.98. The van der Waals surface area contributed by atoms with Crippen LogP contribution in [-0.4, -0.2) is 47.3 Å². The van der Waals surface area contributed by atoms with Crippen LogP contribution in [0.2, 0.25) is 10.0 Å². The number of rotatable bonds is 5. The molecule has 2 bridgehead atoms. The largest absolute Gasteiger partial charge is 0.481 e. The first-order valence-corrected chi connectivity index (χ1v) is 10.6. The average molecular weight is 438 g/mol. The van der Waals surface area contributed by atoms with Gasteiger partial charge in [-0.05, 0) is 30.5 Å². The maximum atomic E-state index is 11.9. The lowest BCUT2D eigenvalue weighted by Crippen LogP contribution is -2.58. The molecule has 2 fully saturated rings. The predicted octanol–water partition coefficient (Wildman–Crippen LogP) is 3.92. The molecule has 1 aliphatic heterocycles. The molecule has 2 aromatic rings. The molecular weight excluding hydrogens is 413 g/mol. The Morgan fingerprint density at radius 3 is 2.48 bits per heavy atom. The summed E-state index contributed by atoms with van der Waals surface area (Å²) in [6.45, 7) is 2.33. The van der Waals surface area contributed by atoms with Gasteiger partial charge in [0.25, 0.3) is 0 Å². The first-order valence-electron chi connectivity index (χ1n) is 9.79. The Morgan fingerprint density at radius 1 is 1.14 bits per heavy atom. The van der Waals surface area contributed by atoms with Crippen LogP contribution in [0.4, 0.5) is 0 Å². The molecule has 2 heterocycles. The van der Waals surface area contributed by atoms with E-state index in [1.807, 2.05) is 18.2 Å². The van der Waals surface area contributed by atoms with Crippen molar-refractivity contribution in [3.05, 3.63) is 45.6 Å². The molecule has 156 valence electrons. The van der Waals surface area contributed by atoms with Gasteiger partial charge in [0, 0.05) is 37.7 Å². The summed E-state index contributed by atoms with van der Waals surface area (Å²) >= 11 is 12.2. The summed E-state index contributed by atoms with van der Waals surface area (Å²) in [5.41, 5.74) is 0.766. The summed E-state index contributed by atoms with van der Waals surface area (Å²) in [5.74, 6) is 0.529. The molecule has 2 aliphatic rings. The number of ether oxygens (including phenoxy) is 2. The van der Waals surface area contributed by atoms with E-state index in [2.05, 4.69) is 14.9 Å². The Bertz CT molecular complexity index is 881. The van der Waals surface area contributed by atoms with Gasteiger partial charge in [0.1, 0.15) is 5.60 Å². The van der Waals surface area contributed by atoms with Gasteiger partial charge in [-0.25, -0.2) is 4.98 Å². The zero-order valence-corrected chi connectivity index (χ0v) is 18.1. The number of piperidine rings is 1. The molecule has 1 unspecified atom stereocenters. The van der Waals surface area contributed by atoms with Gasteiger partial charge in [0.15, 0.2) is 0 Å². The summed E-state index contributed by atoms with van der Waals surface area (Å²) in [4.78, 5) is 10.9. The summed E-state index contributed by atoms with van der Waals surface area (Å²) in [6, 6.07) is 5.99. The van der Waals surface area contributed by atoms with Crippen molar-refractivity contribution in [2.24, 2.45) is 11.8 Å². The molecule has 3 atom stereocenters. The van der Waals surface area contributed by atoms with Gasteiger partial charge in [-0.15, -0.1) is 0 Å². The number of halogens is 2. The first kappa shape index (κ1) is 20.7. The standard InChI is InChI=1S/C21H25Cl2N3O3/c1-28-19-16(9-24-20(25-19)29-2)21(27)14-4-3-5-15(21)12-26(11-14)10-13-6-7-17(22)18(23)8-13/h6-9,14-15,27H,3-5,10-12H2,1-2H3/t14-,15+,21?. The van der Waals surface area contributed by atoms with E-state index in [-0.39, 0.29) is 17.8 Å². The van der Waals surface area contributed by atoms with Crippen LogP contribution in [0.1, 0.15) is 30.4 Å². The van der Waals surface area contributed by atoms with Crippen LogP contribution >= 0.6 is 23.2 Å². The second-order valence-electron chi connectivity index (χ2n) is 7.87. The molecule has 8 heteroatoms. The lowest BCUT2D eigenvalue weighted by molar-refractivity contribution is -0.149. The molecule has 1 saturated heterocycles. The van der Waals surface area contributed by atoms with Crippen LogP contribution in [0.5, 0.6) is 11.9 Å². The van der Waals surface area contributed by atoms with Crippen molar-refractivity contribution in [2.75, 3.05) is 27.3 Å². The second kappa shape index (κ2) is 8.26. The zero-order chi connectivity index (χ0) is 20.6. The highest BCUT2D eigenvalue weighted by Crippen LogP contribution is 2.51. The number of aromatic nitrogens is 2. The van der Waals surface area contributed by atoms with Crippen LogP contribution in [-0.2, 0) is 12.1 Å². The van der Waals surface area contributed by atoms with Crippen LogP contribution < -0.4 is 9.47 Å². The highest BCUT2D eigenvalue weighted by molar-refractivity contribution is 6.42. The number of benzene rings is 1. The number of aliphatic hydroxyl groups is 1. The fraction of sp³-hybridized carbons (Fsp3) is 0.524. The molecule has 1 saturated carbocycles. The monoisotopic (exact) mass is 437 g/mol. The van der Waals surface area contributed by atoms with Gasteiger partial charge >= 0.3 is 6.01 Å². The molecule has 29 heavy (non-hydrogen) atoms. The van der Waals surface area contributed by atoms with Gasteiger partial charge < -0.3 is 14.6 Å². The Labute approximate surface area is 180 Å². The number of methoxy groups -OCH3 is 2. The van der Waals surface area contributed by atoms with E-state index in [0.29, 0.717) is 21.5 Å². The van der Waals surface area contributed by atoms with Crippen LogP contribution in [0.15, 0.2) is 24.4 Å². The van der Waals surface area contributed by atoms with Crippen molar-refractivity contribution >= 4 is 23.2 Å². The number of hydrogen-bond donors (Lipinski definition) is 1. The maximum Gasteiger partial charge on any atom is 0.319 e. The molecule has 1 aromatic carbocycles. The molecule has 1 aliphatic carbocycles. The highest BCUT2D eigenvalue weighted by Gasteiger charge is 2.53. The SMILES string of the molecule is COc1ncc(C2(O)[C@@H]3CCC[C@H]2CN(Cc2ccc(Cl)c(Cl)c2)C3)c(OC)n1. The minimum absolute atomic E-state index is 0.0728. The predicted molar refractivity (Wildman–Crippen MR) is 112 cm³/mol. The van der Waals surface area contributed by atoms with E-state index in [0.717, 1.165) is 44.5 Å². The number of fused-ring (bicyclic) bond motifs is 2. The van der Waals surface area contributed by atoms with Gasteiger partial charge in [-0.2, -0.15) is 4.98 Å². The van der Waals surface area contributed by atoms with E-state index in [1.54, 1.807) is 13.3 Å². The van der Waals surface area contributed by atoms with Crippen molar-refractivity contribution in [1.82, 2.24) is 14.9 Å². The normalized spacial score (nSPS) is 26.9. The van der Waals surface area contributed by atoms with E-state index in [1.165, 1.54) is 7.11 Å². The van der Waals surface area contributed by atoms with Gasteiger partial charge in [0.05, 0.1) is 29.8 Å². The molecule has 1 aromatic heterocycles. The van der Waals surface area contributed by atoms with Crippen molar-refractivity contribution in [1.29, 1.82) is 0 Å². The number of likely N-dealkylation sites (tertiary alicyclic amines) is 1. The lowest BCUT2D eigenvalue weighted by atomic mass is 9.63. The molecule has 0 amide bonds. The fourth-order valence-electron chi connectivity index (χ4n) is 4.89. The summed E-state index contributed by atoms with van der Waals surface area (Å²) in [5, 5.41) is 13.0. The zero-order valence-electron chi connectivity index (χ0n) is 16.6. The maximum absolute atomic E-state index is 11.9. The topological polar surface area (TPSA) is 67.7 Å². The van der Waals surface area contributed by atoms with Crippen LogP contribution in [0, 0.1) is 11.8 Å². The first-order chi connectivity index (χ1) is 14.0. The fourth-order valence-corrected chi connectivity index (χ4v) is 5.21. The van der Waals surface area contributed by atoms with Crippen molar-refractivity contribution in [3.8, 4) is 11.9 Å². The Balaban J connectivity index is 1.60. The van der Waals surface area contributed by atoms with Crippen LogP contribution in [0.3, 0.4) is 0 Å². The third kappa shape index (κ3) is 3.79. The van der Waals surface area contributed by atoms with Gasteiger partial charge in [-0.3, -0.25) is 4.90 Å². The van der Waals surface area contributed by atoms with Crippen molar-refractivity contribution in [3.63, 3.8) is 0 Å². The Morgan fingerprint density at radius 2 is 1.86 bits per heavy atom. The van der Waals surface area contributed by atoms with E-state index >= 15 is 0 Å². The molecule has 1 N–H and O–H groups in total.